The quantitative estimate of drug-likeness (QED) is 0.735. The van der Waals surface area contributed by atoms with E-state index in [2.05, 4.69) is 24.1 Å². The second-order valence-electron chi connectivity index (χ2n) is 7.71. The Balaban J connectivity index is 0.000000293. The third-order valence-electron chi connectivity index (χ3n) is 5.74. The van der Waals surface area contributed by atoms with Crippen molar-refractivity contribution in [1.29, 1.82) is 0 Å². The van der Waals surface area contributed by atoms with Crippen LogP contribution in [0.25, 0.3) is 11.1 Å². The van der Waals surface area contributed by atoms with Crippen molar-refractivity contribution < 1.29 is 24.6 Å². The van der Waals surface area contributed by atoms with Crippen LogP contribution in [-0.2, 0) is 9.59 Å². The number of amides is 1. The smallest absolute Gasteiger partial charge is 0.328 e. The van der Waals surface area contributed by atoms with Crippen LogP contribution in [0.3, 0.4) is 0 Å². The molecule has 2 aromatic carbocycles. The number of rotatable bonds is 4. The lowest BCUT2D eigenvalue weighted by atomic mass is 10.0. The summed E-state index contributed by atoms with van der Waals surface area (Å²) in [6.45, 7) is 1.73. The minimum Gasteiger partial charge on any atom is -0.478 e. The van der Waals surface area contributed by atoms with Crippen LogP contribution in [0, 0.1) is 0 Å². The average molecular weight is 422 g/mol. The Hall–Kier alpha value is -3.45. The van der Waals surface area contributed by atoms with Crippen LogP contribution in [0.2, 0.25) is 0 Å². The molecule has 0 saturated carbocycles. The molecule has 2 fully saturated rings. The van der Waals surface area contributed by atoms with Gasteiger partial charge in [0.05, 0.1) is 0 Å². The summed E-state index contributed by atoms with van der Waals surface area (Å²) in [5.41, 5.74) is 3.14. The molecule has 0 spiro atoms. The Labute approximate surface area is 181 Å². The van der Waals surface area contributed by atoms with Crippen molar-refractivity contribution in [1.82, 2.24) is 9.80 Å². The average Bonchev–Trinajstić information content (AvgIpc) is 2.98. The topological polar surface area (TPSA) is 98.2 Å². The monoisotopic (exact) mass is 422 g/mol. The second-order valence-corrected chi connectivity index (χ2v) is 7.71. The molecule has 2 heterocycles. The van der Waals surface area contributed by atoms with Crippen LogP contribution in [-0.4, -0.2) is 70.1 Å². The van der Waals surface area contributed by atoms with Gasteiger partial charge in [-0.1, -0.05) is 42.5 Å². The van der Waals surface area contributed by atoms with Gasteiger partial charge < -0.3 is 15.1 Å². The van der Waals surface area contributed by atoms with Gasteiger partial charge in [0.2, 0.25) is 0 Å². The van der Waals surface area contributed by atoms with E-state index >= 15 is 0 Å². The van der Waals surface area contributed by atoms with Gasteiger partial charge >= 0.3 is 11.9 Å². The Bertz CT molecular complexity index is 926. The zero-order chi connectivity index (χ0) is 22.4. The second kappa shape index (κ2) is 10.0. The van der Waals surface area contributed by atoms with E-state index in [1.807, 2.05) is 47.4 Å². The highest BCUT2D eigenvalue weighted by molar-refractivity contribution is 5.95. The van der Waals surface area contributed by atoms with Crippen LogP contribution < -0.4 is 0 Å². The molecular formula is C24H26N2O5. The molecule has 2 aliphatic heterocycles. The van der Waals surface area contributed by atoms with Gasteiger partial charge in [-0.25, -0.2) is 9.59 Å². The first kappa shape index (κ1) is 22.2. The third kappa shape index (κ3) is 5.79. The fourth-order valence-corrected chi connectivity index (χ4v) is 4.04. The van der Waals surface area contributed by atoms with Crippen molar-refractivity contribution in [2.24, 2.45) is 0 Å². The van der Waals surface area contributed by atoms with Crippen molar-refractivity contribution in [2.75, 3.05) is 20.1 Å². The molecule has 2 N–H and O–H groups in total. The number of likely N-dealkylation sites (tertiary alicyclic amines) is 1. The fraction of sp³-hybridized carbons (Fsp3) is 0.292. The van der Waals surface area contributed by atoms with Crippen LogP contribution in [0.1, 0.15) is 23.2 Å². The highest BCUT2D eigenvalue weighted by Crippen LogP contribution is 2.29. The number of carbonyl (C=O) groups excluding carboxylic acids is 1. The summed E-state index contributed by atoms with van der Waals surface area (Å²) < 4.78 is 0. The third-order valence-corrected chi connectivity index (χ3v) is 5.74. The van der Waals surface area contributed by atoms with E-state index in [0.717, 1.165) is 24.2 Å². The molecule has 2 unspecified atom stereocenters. The predicted octanol–water partition coefficient (Wildman–Crippen LogP) is 2.98. The number of carboxylic acid groups (broad SMARTS) is 2. The molecule has 7 heteroatoms. The number of benzene rings is 2. The van der Waals surface area contributed by atoms with E-state index in [1.165, 1.54) is 18.4 Å². The molecule has 31 heavy (non-hydrogen) atoms. The van der Waals surface area contributed by atoms with E-state index in [1.54, 1.807) is 0 Å². The largest absolute Gasteiger partial charge is 0.478 e. The number of carboxylic acids is 2. The summed E-state index contributed by atoms with van der Waals surface area (Å²) >= 11 is 0. The van der Waals surface area contributed by atoms with Crippen LogP contribution >= 0.6 is 0 Å². The Morgan fingerprint density at radius 3 is 1.77 bits per heavy atom. The summed E-state index contributed by atoms with van der Waals surface area (Å²) in [6.07, 6.45) is 3.56. The molecule has 0 aromatic heterocycles. The molecule has 0 aliphatic carbocycles. The van der Waals surface area contributed by atoms with Crippen LogP contribution in [0.4, 0.5) is 0 Å². The molecule has 2 bridgehead atoms. The minimum absolute atomic E-state index is 0.176. The zero-order valence-corrected chi connectivity index (χ0v) is 17.3. The maximum atomic E-state index is 12.8. The van der Waals surface area contributed by atoms with Crippen LogP contribution in [0.5, 0.6) is 0 Å². The standard InChI is InChI=1S/C20H22N2O.C4H4O4/c1-21-18-11-12-19(21)14-22(13-18)20(23)17-9-7-16(8-10-17)15-5-3-2-4-6-15;5-3(6)1-2-4(7)8/h2-10,18-19H,11-14H2,1H3;1-2H,(H,5,6)(H,7,8)/b;2-1+. The number of carbonyl (C=O) groups is 3. The first-order valence-electron chi connectivity index (χ1n) is 10.2. The molecule has 0 radical (unpaired) electrons. The molecule has 2 aromatic rings. The van der Waals surface area contributed by atoms with Gasteiger partial charge in [0.1, 0.15) is 0 Å². The van der Waals surface area contributed by atoms with Gasteiger partial charge in [0.25, 0.3) is 5.91 Å². The van der Waals surface area contributed by atoms with E-state index in [-0.39, 0.29) is 5.91 Å². The predicted molar refractivity (Wildman–Crippen MR) is 117 cm³/mol. The summed E-state index contributed by atoms with van der Waals surface area (Å²) in [5, 5.41) is 15.6. The Morgan fingerprint density at radius 1 is 0.806 bits per heavy atom. The molecule has 1 amide bonds. The lowest BCUT2D eigenvalue weighted by molar-refractivity contribution is -0.134. The molecular weight excluding hydrogens is 396 g/mol. The number of hydrogen-bond donors (Lipinski definition) is 2. The molecule has 7 nitrogen and oxygen atoms in total. The Kier molecular flexibility index (Phi) is 7.20. The lowest BCUT2D eigenvalue weighted by Gasteiger charge is -2.38. The van der Waals surface area contributed by atoms with Gasteiger partial charge in [-0.15, -0.1) is 0 Å². The molecule has 2 atom stereocenters. The van der Waals surface area contributed by atoms with Crippen molar-refractivity contribution in [3.63, 3.8) is 0 Å². The minimum atomic E-state index is -1.26. The number of hydrogen-bond acceptors (Lipinski definition) is 4. The van der Waals surface area contributed by atoms with Crippen molar-refractivity contribution in [2.45, 2.75) is 24.9 Å². The normalized spacial score (nSPS) is 20.2. The summed E-state index contributed by atoms with van der Waals surface area (Å²) in [5.74, 6) is -2.34. The van der Waals surface area contributed by atoms with E-state index < -0.39 is 11.9 Å². The van der Waals surface area contributed by atoms with Crippen LogP contribution in [0.15, 0.2) is 66.7 Å². The zero-order valence-electron chi connectivity index (χ0n) is 17.3. The summed E-state index contributed by atoms with van der Waals surface area (Å²) in [7, 11) is 2.19. The van der Waals surface area contributed by atoms with Gasteiger partial charge in [0.15, 0.2) is 0 Å². The fourth-order valence-electron chi connectivity index (χ4n) is 4.04. The SMILES string of the molecule is CN1C2CCC1CN(C(=O)c1ccc(-c3ccccc3)cc1)C2.O=C(O)/C=C/C(=O)O. The van der Waals surface area contributed by atoms with E-state index in [9.17, 15) is 14.4 Å². The van der Waals surface area contributed by atoms with Gasteiger partial charge in [-0.2, -0.15) is 0 Å². The first-order chi connectivity index (χ1) is 14.8. The van der Waals surface area contributed by atoms with Gasteiger partial charge in [-0.3, -0.25) is 9.69 Å². The lowest BCUT2D eigenvalue weighted by Crippen LogP contribution is -2.53. The van der Waals surface area contributed by atoms with Crippen molar-refractivity contribution in [3.05, 3.63) is 72.3 Å². The molecule has 4 rings (SSSR count). The van der Waals surface area contributed by atoms with E-state index in [0.29, 0.717) is 24.2 Å². The number of piperazine rings is 1. The number of fused-ring (bicyclic) bond motifs is 2. The maximum Gasteiger partial charge on any atom is 0.328 e. The molecule has 2 saturated heterocycles. The number of nitrogens with zero attached hydrogens (tertiary/aromatic N) is 2. The highest BCUT2D eigenvalue weighted by atomic mass is 16.4. The highest BCUT2D eigenvalue weighted by Gasteiger charge is 2.39. The number of aliphatic carboxylic acids is 2. The Morgan fingerprint density at radius 2 is 1.29 bits per heavy atom. The first-order valence-corrected chi connectivity index (χ1v) is 10.2. The van der Waals surface area contributed by atoms with E-state index in [4.69, 9.17) is 10.2 Å². The van der Waals surface area contributed by atoms with Gasteiger partial charge in [-0.05, 0) is 43.1 Å². The van der Waals surface area contributed by atoms with Crippen molar-refractivity contribution in [3.8, 4) is 11.1 Å². The maximum absolute atomic E-state index is 12.8. The van der Waals surface area contributed by atoms with Gasteiger partial charge in [0, 0.05) is 42.9 Å². The summed E-state index contributed by atoms with van der Waals surface area (Å²) in [6, 6.07) is 19.4. The number of likely N-dealkylation sites (N-methyl/N-ethyl adjacent to an activating group) is 1. The van der Waals surface area contributed by atoms with Crippen molar-refractivity contribution >= 4 is 17.8 Å². The molecule has 2 aliphatic rings. The summed E-state index contributed by atoms with van der Waals surface area (Å²) in [4.78, 5) is 36.4. The molecule has 162 valence electrons.